The lowest BCUT2D eigenvalue weighted by Gasteiger charge is -2.26. The standard InChI is InChI=1S/C35H49N11O11/c36-20-7-3-4-12-39-27(48)11-10-23(34(56)57)43-32(54)25(15-28(49)50)45-31(53)24(14-18-16-41-21-8-2-1-6-19(18)21)44-30(52)22(9-5-13-40-35(37)38)42-33(55)26(17-47)46-29(20)51/h1-2,6,8,12,16,20,22-26,41,47H,3-5,7,9-11,13-15,17,36H2,(H,42,55)(H,43,54)(H,44,52)(H,45,53)(H,46,51)(H,49,50)(H,56,57)(H4,37,38,40)/t20-,22-,23-,24-,25-,26-/m0/s1. The number of carboxylic acids is 2. The summed E-state index contributed by atoms with van der Waals surface area (Å²) in [5.74, 6) is -9.01. The first-order valence-electron chi connectivity index (χ1n) is 18.1. The van der Waals surface area contributed by atoms with Crippen LogP contribution in [0.1, 0.15) is 56.9 Å². The quantitative estimate of drug-likeness (QED) is 0.0634. The lowest BCUT2D eigenvalue weighted by molar-refractivity contribution is -0.144. The van der Waals surface area contributed by atoms with E-state index in [-0.39, 0.29) is 51.0 Å². The Bertz CT molecular complexity index is 1840. The van der Waals surface area contributed by atoms with Crippen LogP contribution < -0.4 is 43.8 Å². The monoisotopic (exact) mass is 799 g/mol. The number of nitrogens with two attached hydrogens (primary N) is 3. The highest BCUT2D eigenvalue weighted by Crippen LogP contribution is 2.20. The maximum Gasteiger partial charge on any atom is 0.326 e. The number of aliphatic hydroxyl groups excluding tert-OH is 1. The topological polar surface area (TPSA) is 376 Å². The highest BCUT2D eigenvalue weighted by Gasteiger charge is 2.34. The van der Waals surface area contributed by atoms with Gasteiger partial charge in [0.05, 0.1) is 19.1 Å². The van der Waals surface area contributed by atoms with Crippen molar-refractivity contribution in [1.82, 2.24) is 31.6 Å². The molecule has 310 valence electrons. The zero-order chi connectivity index (χ0) is 42.1. The molecule has 0 aliphatic carbocycles. The number of aliphatic imine (C=N–C) groups is 2. The van der Waals surface area contributed by atoms with Gasteiger partial charge in [-0.3, -0.25) is 38.6 Å². The van der Waals surface area contributed by atoms with Crippen molar-refractivity contribution in [2.24, 2.45) is 27.2 Å². The molecule has 0 saturated heterocycles. The largest absolute Gasteiger partial charge is 0.481 e. The maximum atomic E-state index is 14.0. The number of para-hydroxylation sites is 1. The normalized spacial score (nSPS) is 23.9. The van der Waals surface area contributed by atoms with Crippen LogP contribution in [0.25, 0.3) is 10.9 Å². The first-order valence-corrected chi connectivity index (χ1v) is 18.1. The lowest BCUT2D eigenvalue weighted by atomic mass is 10.0. The minimum absolute atomic E-state index is 0.0262. The van der Waals surface area contributed by atoms with Gasteiger partial charge in [-0.05, 0) is 50.2 Å². The van der Waals surface area contributed by atoms with Crippen molar-refractivity contribution < 1.29 is 53.7 Å². The van der Waals surface area contributed by atoms with Crippen LogP contribution >= 0.6 is 0 Å². The number of carboxylic acid groups (broad SMARTS) is 2. The number of nitrogens with zero attached hydrogens (tertiary/aromatic N) is 2. The van der Waals surface area contributed by atoms with Gasteiger partial charge in [-0.15, -0.1) is 0 Å². The Balaban J connectivity index is 2.04. The molecule has 1 aromatic carbocycles. The summed E-state index contributed by atoms with van der Waals surface area (Å²) >= 11 is 0. The molecule has 0 saturated carbocycles. The number of amides is 6. The summed E-state index contributed by atoms with van der Waals surface area (Å²) < 4.78 is 0. The number of rotatable bonds is 10. The average Bonchev–Trinajstić information content (AvgIpc) is 3.57. The number of aliphatic carboxylic acids is 2. The van der Waals surface area contributed by atoms with Crippen molar-refractivity contribution >= 4 is 70.5 Å². The first-order chi connectivity index (χ1) is 27.1. The van der Waals surface area contributed by atoms with Crippen LogP contribution in [0.15, 0.2) is 40.4 Å². The Labute approximate surface area is 325 Å². The van der Waals surface area contributed by atoms with Crippen LogP contribution in [-0.4, -0.2) is 129 Å². The average molecular weight is 800 g/mol. The van der Waals surface area contributed by atoms with Gasteiger partial charge in [-0.25, -0.2) is 9.79 Å². The number of carbonyl (C=O) groups is 8. The van der Waals surface area contributed by atoms with E-state index in [9.17, 15) is 53.7 Å². The molecule has 1 aliphatic heterocycles. The van der Waals surface area contributed by atoms with Crippen LogP contribution in [0.5, 0.6) is 0 Å². The fourth-order valence-corrected chi connectivity index (χ4v) is 5.76. The summed E-state index contributed by atoms with van der Waals surface area (Å²) in [5, 5.41) is 41.9. The smallest absolute Gasteiger partial charge is 0.326 e. The summed E-state index contributed by atoms with van der Waals surface area (Å²) in [6.45, 7) is -0.860. The van der Waals surface area contributed by atoms with E-state index in [0.717, 1.165) is 0 Å². The van der Waals surface area contributed by atoms with E-state index in [4.69, 9.17) is 17.2 Å². The second-order valence-electron chi connectivity index (χ2n) is 13.2. The molecule has 57 heavy (non-hydrogen) atoms. The summed E-state index contributed by atoms with van der Waals surface area (Å²) in [5.41, 5.74) is 18.0. The van der Waals surface area contributed by atoms with E-state index >= 15 is 0 Å². The number of nitrogens with one attached hydrogen (secondary N) is 6. The molecule has 0 radical (unpaired) electrons. The Morgan fingerprint density at radius 2 is 1.46 bits per heavy atom. The fourth-order valence-electron chi connectivity index (χ4n) is 5.76. The SMILES string of the molecule is NC(N)=NCCC[C@@H]1NC(=O)[C@H](CO)NC(=O)[C@@H](N)CCCC=NC(=O)CC[C@@H](C(=O)O)NC(=O)[C@H](CC(=O)O)NC(=O)[C@H](Cc2c[nH]c3ccccc23)NC1=O. The zero-order valence-corrected chi connectivity index (χ0v) is 30.9. The number of carbonyl (C=O) groups excluding carboxylic acids is 6. The van der Waals surface area contributed by atoms with E-state index in [1.54, 1.807) is 30.5 Å². The number of guanidine groups is 1. The molecule has 6 atom stereocenters. The molecule has 0 unspecified atom stereocenters. The Kier molecular flexibility index (Phi) is 17.5. The van der Waals surface area contributed by atoms with Gasteiger partial charge in [0.15, 0.2) is 5.96 Å². The predicted octanol–water partition coefficient (Wildman–Crippen LogP) is -3.37. The van der Waals surface area contributed by atoms with Crippen molar-refractivity contribution in [3.8, 4) is 0 Å². The summed E-state index contributed by atoms with van der Waals surface area (Å²) in [7, 11) is 0. The molecule has 22 heteroatoms. The Morgan fingerprint density at radius 1 is 0.825 bits per heavy atom. The number of hydrogen-bond donors (Lipinski definition) is 12. The molecule has 3 rings (SSSR count). The van der Waals surface area contributed by atoms with Crippen LogP contribution in [0.4, 0.5) is 0 Å². The van der Waals surface area contributed by atoms with Gasteiger partial charge in [0, 0.05) is 42.7 Å². The van der Waals surface area contributed by atoms with Crippen LogP contribution in [0.2, 0.25) is 0 Å². The summed E-state index contributed by atoms with van der Waals surface area (Å²) in [6.07, 6.45) is 1.26. The third-order valence-corrected chi connectivity index (χ3v) is 8.82. The van der Waals surface area contributed by atoms with Crippen LogP contribution in [0.3, 0.4) is 0 Å². The van der Waals surface area contributed by atoms with E-state index in [1.807, 2.05) is 0 Å². The van der Waals surface area contributed by atoms with E-state index in [2.05, 4.69) is 41.6 Å². The van der Waals surface area contributed by atoms with Crippen molar-refractivity contribution in [2.75, 3.05) is 13.2 Å². The van der Waals surface area contributed by atoms with Crippen LogP contribution in [-0.2, 0) is 44.8 Å². The molecular weight excluding hydrogens is 750 g/mol. The third kappa shape index (κ3) is 14.6. The Hall–Kier alpha value is -6.42. The van der Waals surface area contributed by atoms with Crippen molar-refractivity contribution in [2.45, 2.75) is 94.0 Å². The summed E-state index contributed by atoms with van der Waals surface area (Å²) in [6, 6.07) is -2.21. The van der Waals surface area contributed by atoms with E-state index < -0.39 is 110 Å². The van der Waals surface area contributed by atoms with Gasteiger partial charge in [0.25, 0.3) is 0 Å². The molecular formula is C35H49N11O11. The van der Waals surface area contributed by atoms with Gasteiger partial charge in [-0.1, -0.05) is 18.2 Å². The summed E-state index contributed by atoms with van der Waals surface area (Å²) in [4.78, 5) is 114. The van der Waals surface area contributed by atoms with Crippen LogP contribution in [0, 0.1) is 0 Å². The van der Waals surface area contributed by atoms with Crippen molar-refractivity contribution in [3.63, 3.8) is 0 Å². The van der Waals surface area contributed by atoms with Gasteiger partial charge in [-0.2, -0.15) is 0 Å². The number of aromatic nitrogens is 1. The minimum atomic E-state index is -1.85. The maximum absolute atomic E-state index is 14.0. The first kappa shape index (κ1) is 45.0. The van der Waals surface area contributed by atoms with E-state index in [1.165, 1.54) is 6.21 Å². The zero-order valence-electron chi connectivity index (χ0n) is 30.9. The number of benzene rings is 1. The number of aromatic amines is 1. The predicted molar refractivity (Wildman–Crippen MR) is 203 cm³/mol. The highest BCUT2D eigenvalue weighted by molar-refractivity contribution is 5.98. The molecule has 0 bridgehead atoms. The molecule has 1 aromatic heterocycles. The molecule has 2 aromatic rings. The van der Waals surface area contributed by atoms with E-state index in [0.29, 0.717) is 16.5 Å². The fraction of sp³-hybridized carbons (Fsp3) is 0.486. The second-order valence-corrected chi connectivity index (χ2v) is 13.2. The minimum Gasteiger partial charge on any atom is -0.481 e. The van der Waals surface area contributed by atoms with Gasteiger partial charge >= 0.3 is 11.9 Å². The number of H-pyrrole nitrogens is 1. The second kappa shape index (κ2) is 22.2. The molecule has 15 N–H and O–H groups in total. The molecule has 1 aliphatic rings. The highest BCUT2D eigenvalue weighted by atomic mass is 16.4. The lowest BCUT2D eigenvalue weighted by Crippen LogP contribution is -2.60. The van der Waals surface area contributed by atoms with Crippen molar-refractivity contribution in [3.05, 3.63) is 36.0 Å². The molecule has 0 spiro atoms. The molecule has 22 nitrogen and oxygen atoms in total. The number of hydrogen-bond acceptors (Lipinski definition) is 11. The number of aliphatic hydroxyl groups is 1. The Morgan fingerprint density at radius 3 is 2.14 bits per heavy atom. The third-order valence-electron chi connectivity index (χ3n) is 8.82. The van der Waals surface area contributed by atoms with Gasteiger partial charge in [0.2, 0.25) is 35.4 Å². The molecule has 6 amide bonds. The molecule has 0 fully saturated rings. The molecule has 2 heterocycles. The van der Waals surface area contributed by atoms with Crippen molar-refractivity contribution in [1.29, 1.82) is 0 Å². The van der Waals surface area contributed by atoms with Gasteiger partial charge < -0.3 is 64.1 Å². The van der Waals surface area contributed by atoms with Gasteiger partial charge in [0.1, 0.15) is 30.2 Å². The number of fused-ring (bicyclic) bond motifs is 1.